The van der Waals surface area contributed by atoms with Crippen molar-refractivity contribution in [2.75, 3.05) is 0 Å². The molecule has 0 aliphatic carbocycles. The molecule has 0 amide bonds. The fourth-order valence-corrected chi connectivity index (χ4v) is 5.73. The third kappa shape index (κ3) is 2.80. The molecule has 0 atom stereocenters. The Balaban J connectivity index is 2.07. The summed E-state index contributed by atoms with van der Waals surface area (Å²) in [6, 6.07) is 16.4. The molecule has 0 aliphatic heterocycles. The van der Waals surface area contributed by atoms with Crippen molar-refractivity contribution in [2.45, 2.75) is 33.5 Å². The van der Waals surface area contributed by atoms with Gasteiger partial charge in [0.2, 0.25) is 5.69 Å². The summed E-state index contributed by atoms with van der Waals surface area (Å²) in [5.74, 6) is 0. The Morgan fingerprint density at radius 3 is 2.38 bits per heavy atom. The fourth-order valence-electron chi connectivity index (χ4n) is 3.75. The number of nitrogens with zero attached hydrogens (tertiary/aromatic N) is 1. The van der Waals surface area contributed by atoms with Gasteiger partial charge in [0, 0.05) is 17.7 Å². The highest BCUT2D eigenvalue weighted by Gasteiger charge is 2.23. The average molecular weight is 377 g/mol. The van der Waals surface area contributed by atoms with Gasteiger partial charge in [0.25, 0.3) is 0 Å². The van der Waals surface area contributed by atoms with Gasteiger partial charge in [-0.25, -0.2) is 0 Å². The summed E-state index contributed by atoms with van der Waals surface area (Å²) in [7, 11) is 0.868. The van der Waals surface area contributed by atoms with Crippen LogP contribution in [0.25, 0.3) is 32.1 Å². The van der Waals surface area contributed by atoms with Crippen molar-refractivity contribution in [2.24, 2.45) is 7.05 Å². The molecule has 2 aromatic heterocycles. The Morgan fingerprint density at radius 1 is 0.885 bits per heavy atom. The van der Waals surface area contributed by atoms with Crippen molar-refractivity contribution in [1.29, 1.82) is 0 Å². The van der Waals surface area contributed by atoms with E-state index < -0.39 is 8.07 Å². The zero-order chi connectivity index (χ0) is 18.6. The normalized spacial score (nSPS) is 12.2. The summed E-state index contributed by atoms with van der Waals surface area (Å²) in [6.45, 7) is 11.7. The van der Waals surface area contributed by atoms with E-state index in [0.29, 0.717) is 0 Å². The first-order valence-electron chi connectivity index (χ1n) is 9.18. The molecule has 4 rings (SSSR count). The molecule has 0 radical (unpaired) electrons. The molecule has 0 unspecified atom stereocenters. The second-order valence-corrected chi connectivity index (χ2v) is 14.4. The van der Waals surface area contributed by atoms with Gasteiger partial charge in [-0.3, -0.25) is 0 Å². The first-order chi connectivity index (χ1) is 12.3. The lowest BCUT2D eigenvalue weighted by Gasteiger charge is -2.18. The van der Waals surface area contributed by atoms with Gasteiger partial charge in [-0.05, 0) is 52.9 Å². The standard InChI is InChI=1S/C23H26NSSi/c1-15-11-17-9-10-25-22(17)14-21(15)23-20-8-7-19(26(4,5)6)13-18(20)12-16(2)24(23)3/h7-14H,1-6H3/q+1. The minimum absolute atomic E-state index is 1.30. The maximum Gasteiger partial charge on any atom is 0.220 e. The van der Waals surface area contributed by atoms with E-state index in [2.05, 4.69) is 92.9 Å². The highest BCUT2D eigenvalue weighted by atomic mass is 32.1. The number of benzene rings is 2. The second kappa shape index (κ2) is 6.03. The molecule has 0 fully saturated rings. The van der Waals surface area contributed by atoms with E-state index >= 15 is 0 Å². The van der Waals surface area contributed by atoms with Crippen molar-refractivity contribution in [1.82, 2.24) is 0 Å². The maximum atomic E-state index is 2.43. The van der Waals surface area contributed by atoms with E-state index in [4.69, 9.17) is 0 Å². The van der Waals surface area contributed by atoms with Gasteiger partial charge in [0.1, 0.15) is 7.05 Å². The number of rotatable bonds is 2. The topological polar surface area (TPSA) is 3.88 Å². The van der Waals surface area contributed by atoms with Crippen molar-refractivity contribution in [3.63, 3.8) is 0 Å². The molecule has 2 aromatic carbocycles. The van der Waals surface area contributed by atoms with E-state index in [-0.39, 0.29) is 0 Å². The van der Waals surface area contributed by atoms with Gasteiger partial charge in [-0.15, -0.1) is 11.3 Å². The smallest absolute Gasteiger partial charge is 0.198 e. The molecule has 3 heteroatoms. The van der Waals surface area contributed by atoms with Gasteiger partial charge < -0.3 is 0 Å². The quantitative estimate of drug-likeness (QED) is 0.312. The largest absolute Gasteiger partial charge is 0.220 e. The predicted octanol–water partition coefficient (Wildman–Crippen LogP) is 5.71. The molecule has 4 aromatic rings. The maximum absolute atomic E-state index is 2.43. The van der Waals surface area contributed by atoms with Gasteiger partial charge >= 0.3 is 0 Å². The lowest BCUT2D eigenvalue weighted by molar-refractivity contribution is -0.665. The third-order valence-corrected chi connectivity index (χ3v) is 8.38. The number of aryl methyl sites for hydroxylation is 2. The molecule has 2 heterocycles. The molecule has 1 nitrogen and oxygen atoms in total. The molecular weight excluding hydrogens is 350 g/mol. The van der Waals surface area contributed by atoms with E-state index in [0.717, 1.165) is 0 Å². The number of aromatic nitrogens is 1. The monoisotopic (exact) mass is 376 g/mol. The number of hydrogen-bond donors (Lipinski definition) is 0. The van der Waals surface area contributed by atoms with Crippen molar-refractivity contribution in [3.05, 3.63) is 59.1 Å². The van der Waals surface area contributed by atoms with Gasteiger partial charge in [0.05, 0.1) is 19.0 Å². The number of thiophene rings is 1. The van der Waals surface area contributed by atoms with Crippen molar-refractivity contribution < 1.29 is 4.57 Å². The van der Waals surface area contributed by atoms with E-state index in [1.165, 1.54) is 48.6 Å². The minimum Gasteiger partial charge on any atom is -0.198 e. The highest BCUT2D eigenvalue weighted by molar-refractivity contribution is 7.17. The first kappa shape index (κ1) is 17.4. The molecule has 132 valence electrons. The van der Waals surface area contributed by atoms with Crippen LogP contribution in [0.5, 0.6) is 0 Å². The highest BCUT2D eigenvalue weighted by Crippen LogP contribution is 2.33. The van der Waals surface area contributed by atoms with Crippen LogP contribution in [0.4, 0.5) is 0 Å². The number of hydrogen-bond acceptors (Lipinski definition) is 1. The van der Waals surface area contributed by atoms with Crippen LogP contribution in [0, 0.1) is 13.8 Å². The van der Waals surface area contributed by atoms with Crippen LogP contribution in [0.1, 0.15) is 11.3 Å². The Bertz CT molecular complexity index is 1150. The number of pyridine rings is 1. The third-order valence-electron chi connectivity index (χ3n) is 5.46. The SMILES string of the molecule is Cc1cc2ccsc2cc1-c1c2ccc([Si](C)(C)C)cc2cc(C)[n+]1C. The van der Waals surface area contributed by atoms with Crippen LogP contribution in [0.3, 0.4) is 0 Å². The lowest BCUT2D eigenvalue weighted by atomic mass is 9.98. The molecule has 0 N–H and O–H groups in total. The Labute approximate surface area is 160 Å². The Kier molecular flexibility index (Phi) is 4.05. The lowest BCUT2D eigenvalue weighted by Crippen LogP contribution is -2.38. The van der Waals surface area contributed by atoms with Crippen LogP contribution < -0.4 is 9.75 Å². The summed E-state index contributed by atoms with van der Waals surface area (Å²) in [6.07, 6.45) is 0. The van der Waals surface area contributed by atoms with E-state index in [1.54, 1.807) is 0 Å². The summed E-state index contributed by atoms with van der Waals surface area (Å²) in [4.78, 5) is 0. The average Bonchev–Trinajstić information content (AvgIpc) is 3.01. The molecule has 0 saturated carbocycles. The molecule has 0 spiro atoms. The molecule has 0 saturated heterocycles. The Hall–Kier alpha value is -1.97. The molecule has 0 aliphatic rings. The number of fused-ring (bicyclic) bond motifs is 2. The van der Waals surface area contributed by atoms with Crippen molar-refractivity contribution in [3.8, 4) is 11.3 Å². The van der Waals surface area contributed by atoms with Gasteiger partial charge in [-0.2, -0.15) is 4.57 Å². The summed E-state index contributed by atoms with van der Waals surface area (Å²) >= 11 is 1.82. The second-order valence-electron chi connectivity index (χ2n) is 8.37. The van der Waals surface area contributed by atoms with E-state index in [1.807, 2.05) is 11.3 Å². The molecular formula is C23H26NSSi+. The van der Waals surface area contributed by atoms with Gasteiger partial charge in [0.15, 0.2) is 5.69 Å². The Morgan fingerprint density at radius 2 is 1.65 bits per heavy atom. The van der Waals surface area contributed by atoms with Crippen LogP contribution in [-0.2, 0) is 7.05 Å². The van der Waals surface area contributed by atoms with E-state index in [9.17, 15) is 0 Å². The summed E-state index contributed by atoms with van der Waals surface area (Å²) in [5.41, 5.74) is 5.31. The predicted molar refractivity (Wildman–Crippen MR) is 118 cm³/mol. The van der Waals surface area contributed by atoms with Crippen LogP contribution in [0.15, 0.2) is 47.8 Å². The zero-order valence-corrected chi connectivity index (χ0v) is 18.3. The van der Waals surface area contributed by atoms with Crippen LogP contribution in [-0.4, -0.2) is 8.07 Å². The zero-order valence-electron chi connectivity index (χ0n) is 16.5. The first-order valence-corrected chi connectivity index (χ1v) is 13.6. The minimum atomic E-state index is -1.32. The summed E-state index contributed by atoms with van der Waals surface area (Å²) < 4.78 is 3.71. The fraction of sp³-hybridized carbons (Fsp3) is 0.261. The van der Waals surface area contributed by atoms with Crippen LogP contribution in [0.2, 0.25) is 19.6 Å². The molecule has 0 bridgehead atoms. The molecule has 26 heavy (non-hydrogen) atoms. The summed E-state index contributed by atoms with van der Waals surface area (Å²) in [5, 5.41) is 7.76. The van der Waals surface area contributed by atoms with Crippen molar-refractivity contribution >= 4 is 45.5 Å². The van der Waals surface area contributed by atoms with Gasteiger partial charge in [-0.1, -0.05) is 37.0 Å². The van der Waals surface area contributed by atoms with Crippen LogP contribution >= 0.6 is 11.3 Å².